The number of hydrogen-bond donors (Lipinski definition) is 1. The molecule has 0 fully saturated rings. The minimum atomic E-state index is 0.364. The van der Waals surface area contributed by atoms with Crippen LogP contribution in [0.1, 0.15) is 29.7 Å². The highest BCUT2D eigenvalue weighted by atomic mass is 79.9. The van der Waals surface area contributed by atoms with Gasteiger partial charge in [0.1, 0.15) is 0 Å². The van der Waals surface area contributed by atoms with Gasteiger partial charge in [-0.15, -0.1) is 0 Å². The first-order valence-corrected chi connectivity index (χ1v) is 7.53. The molecule has 2 aromatic carbocycles. The lowest BCUT2D eigenvalue weighted by atomic mass is 9.96. The molecule has 0 bridgehead atoms. The van der Waals surface area contributed by atoms with Crippen LogP contribution < -0.4 is 5.32 Å². The monoisotopic (exact) mass is 317 g/mol. The van der Waals surface area contributed by atoms with Crippen molar-refractivity contribution >= 4 is 15.9 Å². The highest BCUT2D eigenvalue weighted by molar-refractivity contribution is 9.10. The van der Waals surface area contributed by atoms with Gasteiger partial charge in [0.2, 0.25) is 0 Å². The Balaban J connectivity index is 2.24. The molecule has 0 radical (unpaired) electrons. The van der Waals surface area contributed by atoms with E-state index in [-0.39, 0.29) is 0 Å². The Labute approximate surface area is 124 Å². The molecule has 0 aliphatic rings. The largest absolute Gasteiger partial charge is 0.310 e. The van der Waals surface area contributed by atoms with Crippen LogP contribution in [0.5, 0.6) is 0 Å². The Morgan fingerprint density at radius 2 is 1.89 bits per heavy atom. The molecule has 0 saturated carbocycles. The normalized spacial score (nSPS) is 12.4. The Morgan fingerprint density at radius 1 is 1.11 bits per heavy atom. The van der Waals surface area contributed by atoms with Crippen molar-refractivity contribution in [2.45, 2.75) is 26.3 Å². The zero-order valence-electron chi connectivity index (χ0n) is 11.5. The molecule has 1 N–H and O–H groups in total. The van der Waals surface area contributed by atoms with Gasteiger partial charge in [-0.1, -0.05) is 59.3 Å². The standard InChI is InChI=1S/C17H20BrN/c1-3-19-17(15-9-6-10-16(18)11-15)12-14-8-5-4-7-13(14)2/h4-11,17,19H,3,12H2,1-2H3. The number of hydrogen-bond acceptors (Lipinski definition) is 1. The second kappa shape index (κ2) is 6.88. The number of halogens is 1. The van der Waals surface area contributed by atoms with Crippen LogP contribution in [-0.4, -0.2) is 6.54 Å². The number of aryl methyl sites for hydroxylation is 1. The van der Waals surface area contributed by atoms with E-state index in [4.69, 9.17) is 0 Å². The van der Waals surface area contributed by atoms with E-state index in [2.05, 4.69) is 83.6 Å². The van der Waals surface area contributed by atoms with E-state index in [1.807, 2.05) is 0 Å². The van der Waals surface area contributed by atoms with Gasteiger partial charge < -0.3 is 5.32 Å². The number of nitrogens with one attached hydrogen (secondary N) is 1. The number of likely N-dealkylation sites (N-methyl/N-ethyl adjacent to an activating group) is 1. The number of benzene rings is 2. The first-order chi connectivity index (χ1) is 9.20. The lowest BCUT2D eigenvalue weighted by molar-refractivity contribution is 0.548. The molecule has 2 heteroatoms. The van der Waals surface area contributed by atoms with Crippen LogP contribution in [-0.2, 0) is 6.42 Å². The van der Waals surface area contributed by atoms with Crippen molar-refractivity contribution in [2.24, 2.45) is 0 Å². The van der Waals surface area contributed by atoms with E-state index >= 15 is 0 Å². The smallest absolute Gasteiger partial charge is 0.0361 e. The molecule has 1 atom stereocenters. The Bertz CT molecular complexity index is 536. The van der Waals surface area contributed by atoms with Crippen molar-refractivity contribution in [1.29, 1.82) is 0 Å². The summed E-state index contributed by atoms with van der Waals surface area (Å²) in [6, 6.07) is 17.5. The van der Waals surface area contributed by atoms with Crippen molar-refractivity contribution in [3.63, 3.8) is 0 Å². The summed E-state index contributed by atoms with van der Waals surface area (Å²) in [5.41, 5.74) is 4.10. The van der Waals surface area contributed by atoms with Crippen LogP contribution in [0.25, 0.3) is 0 Å². The van der Waals surface area contributed by atoms with E-state index in [1.165, 1.54) is 16.7 Å². The highest BCUT2D eigenvalue weighted by Crippen LogP contribution is 2.23. The summed E-state index contributed by atoms with van der Waals surface area (Å²) in [5, 5.41) is 3.58. The third-order valence-electron chi connectivity index (χ3n) is 3.39. The lowest BCUT2D eigenvalue weighted by Crippen LogP contribution is -2.23. The molecule has 0 aromatic heterocycles. The van der Waals surface area contributed by atoms with Crippen LogP contribution in [0.2, 0.25) is 0 Å². The van der Waals surface area contributed by atoms with Gasteiger partial charge >= 0.3 is 0 Å². The maximum atomic E-state index is 3.58. The van der Waals surface area contributed by atoms with Crippen molar-refractivity contribution in [3.05, 3.63) is 69.7 Å². The van der Waals surface area contributed by atoms with Crippen LogP contribution in [0.4, 0.5) is 0 Å². The predicted octanol–water partition coefficient (Wildman–Crippen LogP) is 4.65. The highest BCUT2D eigenvalue weighted by Gasteiger charge is 2.12. The maximum Gasteiger partial charge on any atom is 0.0361 e. The van der Waals surface area contributed by atoms with Crippen LogP contribution >= 0.6 is 15.9 Å². The minimum Gasteiger partial charge on any atom is -0.310 e. The minimum absolute atomic E-state index is 0.364. The van der Waals surface area contributed by atoms with E-state index < -0.39 is 0 Å². The fourth-order valence-electron chi connectivity index (χ4n) is 2.34. The lowest BCUT2D eigenvalue weighted by Gasteiger charge is -2.20. The molecule has 1 unspecified atom stereocenters. The average molecular weight is 318 g/mol. The van der Waals surface area contributed by atoms with Gasteiger partial charge in [-0.2, -0.15) is 0 Å². The summed E-state index contributed by atoms with van der Waals surface area (Å²) in [6.07, 6.45) is 1.02. The van der Waals surface area contributed by atoms with Crippen molar-refractivity contribution in [3.8, 4) is 0 Å². The molecule has 19 heavy (non-hydrogen) atoms. The third kappa shape index (κ3) is 3.92. The fraction of sp³-hybridized carbons (Fsp3) is 0.294. The summed E-state index contributed by atoms with van der Waals surface area (Å²) < 4.78 is 1.14. The van der Waals surface area contributed by atoms with Crippen LogP contribution in [0.3, 0.4) is 0 Å². The molecular weight excluding hydrogens is 298 g/mol. The molecule has 100 valence electrons. The summed E-state index contributed by atoms with van der Waals surface area (Å²) in [4.78, 5) is 0. The van der Waals surface area contributed by atoms with Crippen molar-refractivity contribution < 1.29 is 0 Å². The molecule has 0 aliphatic heterocycles. The average Bonchev–Trinajstić information content (AvgIpc) is 2.40. The first kappa shape index (κ1) is 14.3. The van der Waals surface area contributed by atoms with Gasteiger partial charge in [-0.3, -0.25) is 0 Å². The van der Waals surface area contributed by atoms with Crippen molar-refractivity contribution in [1.82, 2.24) is 5.32 Å². The second-order valence-electron chi connectivity index (χ2n) is 4.80. The van der Waals surface area contributed by atoms with E-state index in [0.29, 0.717) is 6.04 Å². The van der Waals surface area contributed by atoms with Gasteiger partial charge in [-0.05, 0) is 48.7 Å². The molecular formula is C17H20BrN. The molecule has 2 aromatic rings. The van der Waals surface area contributed by atoms with E-state index in [1.54, 1.807) is 0 Å². The first-order valence-electron chi connectivity index (χ1n) is 6.74. The van der Waals surface area contributed by atoms with Gasteiger partial charge in [0.05, 0.1) is 0 Å². The molecule has 0 spiro atoms. The summed E-state index contributed by atoms with van der Waals surface area (Å²) in [6.45, 7) is 5.31. The van der Waals surface area contributed by atoms with Gasteiger partial charge in [0.15, 0.2) is 0 Å². The molecule has 0 amide bonds. The summed E-state index contributed by atoms with van der Waals surface area (Å²) in [7, 11) is 0. The zero-order chi connectivity index (χ0) is 13.7. The molecule has 0 aliphatic carbocycles. The van der Waals surface area contributed by atoms with E-state index in [0.717, 1.165) is 17.4 Å². The predicted molar refractivity (Wildman–Crippen MR) is 85.4 cm³/mol. The molecule has 1 nitrogen and oxygen atoms in total. The maximum absolute atomic E-state index is 3.58. The van der Waals surface area contributed by atoms with Crippen LogP contribution in [0, 0.1) is 6.92 Å². The van der Waals surface area contributed by atoms with Gasteiger partial charge in [-0.25, -0.2) is 0 Å². The SMILES string of the molecule is CCNC(Cc1ccccc1C)c1cccc(Br)c1. The summed E-state index contributed by atoms with van der Waals surface area (Å²) >= 11 is 3.55. The zero-order valence-corrected chi connectivity index (χ0v) is 13.1. The fourth-order valence-corrected chi connectivity index (χ4v) is 2.75. The Hall–Kier alpha value is -1.12. The van der Waals surface area contributed by atoms with Gasteiger partial charge in [0, 0.05) is 10.5 Å². The Kier molecular flexibility index (Phi) is 5.17. The van der Waals surface area contributed by atoms with Crippen molar-refractivity contribution in [2.75, 3.05) is 6.54 Å². The molecule has 2 rings (SSSR count). The van der Waals surface area contributed by atoms with E-state index in [9.17, 15) is 0 Å². The van der Waals surface area contributed by atoms with Gasteiger partial charge in [0.25, 0.3) is 0 Å². The molecule has 0 heterocycles. The summed E-state index contributed by atoms with van der Waals surface area (Å²) in [5.74, 6) is 0. The quantitative estimate of drug-likeness (QED) is 0.846. The topological polar surface area (TPSA) is 12.0 Å². The number of rotatable bonds is 5. The Morgan fingerprint density at radius 3 is 2.58 bits per heavy atom. The third-order valence-corrected chi connectivity index (χ3v) is 3.88. The molecule has 0 saturated heterocycles. The van der Waals surface area contributed by atoms with Crippen LogP contribution in [0.15, 0.2) is 53.0 Å². The second-order valence-corrected chi connectivity index (χ2v) is 5.71.